The maximum Gasteiger partial charge on any atom is 0.101 e. The van der Waals surface area contributed by atoms with Crippen molar-refractivity contribution in [3.8, 4) is 0 Å². The quantitative estimate of drug-likeness (QED) is 0.675. The van der Waals surface area contributed by atoms with E-state index >= 15 is 0 Å². The van der Waals surface area contributed by atoms with Crippen LogP contribution in [0.2, 0.25) is 0 Å². The minimum absolute atomic E-state index is 0.295. The second kappa shape index (κ2) is 4.91. The number of benzene rings is 2. The van der Waals surface area contributed by atoms with Gasteiger partial charge in [0.2, 0.25) is 0 Å². The minimum Gasteiger partial charge on any atom is -0.178 e. The second-order valence-electron chi connectivity index (χ2n) is 4.46. The number of nitrogens with zero attached hydrogens (tertiary/aromatic N) is 2. The lowest BCUT2D eigenvalue weighted by atomic mass is 9.96. The predicted octanol–water partition coefficient (Wildman–Crippen LogP) is 4.71. The van der Waals surface area contributed by atoms with E-state index in [2.05, 4.69) is 36.2 Å². The van der Waals surface area contributed by atoms with E-state index in [1.807, 2.05) is 48.5 Å². The summed E-state index contributed by atoms with van der Waals surface area (Å²) in [6.07, 6.45) is 0. The third-order valence-electron chi connectivity index (χ3n) is 2.65. The molecule has 2 heteroatoms. The van der Waals surface area contributed by atoms with Gasteiger partial charge in [-0.2, -0.15) is 10.2 Å². The third kappa shape index (κ3) is 3.00. The summed E-state index contributed by atoms with van der Waals surface area (Å²) in [5.74, 6) is 0. The van der Waals surface area contributed by atoms with Crippen molar-refractivity contribution in [2.45, 2.75) is 19.4 Å². The summed E-state index contributed by atoms with van der Waals surface area (Å²) in [5.41, 5.74) is 1.76. The van der Waals surface area contributed by atoms with Crippen LogP contribution in [0.4, 0.5) is 5.69 Å². The maximum absolute atomic E-state index is 4.42. The van der Waals surface area contributed by atoms with Crippen molar-refractivity contribution in [3.05, 3.63) is 66.2 Å². The lowest BCUT2D eigenvalue weighted by Crippen LogP contribution is -2.12. The highest BCUT2D eigenvalue weighted by Gasteiger charge is 2.18. The number of hydrogen-bond donors (Lipinski definition) is 0. The van der Waals surface area contributed by atoms with Gasteiger partial charge in [0.05, 0.1) is 5.69 Å². The Morgan fingerprint density at radius 2 is 1.29 bits per heavy atom. The Labute approximate surface area is 102 Å². The van der Waals surface area contributed by atoms with Gasteiger partial charge in [-0.3, -0.25) is 0 Å². The van der Waals surface area contributed by atoms with Crippen molar-refractivity contribution >= 4 is 5.69 Å². The van der Waals surface area contributed by atoms with Crippen molar-refractivity contribution in [1.29, 1.82) is 0 Å². The number of hydrogen-bond acceptors (Lipinski definition) is 2. The van der Waals surface area contributed by atoms with Crippen LogP contribution in [-0.2, 0) is 5.54 Å². The first-order valence-corrected chi connectivity index (χ1v) is 5.72. The van der Waals surface area contributed by atoms with Crippen LogP contribution in [0.25, 0.3) is 0 Å². The smallest absolute Gasteiger partial charge is 0.101 e. The molecule has 0 aliphatic rings. The molecule has 0 fully saturated rings. The summed E-state index contributed by atoms with van der Waals surface area (Å²) in [7, 11) is 0. The molecule has 0 amide bonds. The molecular weight excluding hydrogens is 208 g/mol. The Balaban J connectivity index is 2.21. The molecule has 2 aromatic rings. The Morgan fingerprint density at radius 1 is 0.765 bits per heavy atom. The topological polar surface area (TPSA) is 24.7 Å². The van der Waals surface area contributed by atoms with Gasteiger partial charge in [0.15, 0.2) is 0 Å². The Morgan fingerprint density at radius 3 is 1.88 bits per heavy atom. The van der Waals surface area contributed by atoms with Gasteiger partial charge >= 0.3 is 0 Å². The average molecular weight is 224 g/mol. The normalized spacial score (nSPS) is 11.9. The van der Waals surface area contributed by atoms with E-state index in [1.165, 1.54) is 5.56 Å². The Hall–Kier alpha value is -1.96. The SMILES string of the molecule is CC(C)(N=Nc1ccccc1)c1ccccc1. The molecule has 86 valence electrons. The first-order chi connectivity index (χ1) is 8.18. The molecule has 0 aliphatic carbocycles. The van der Waals surface area contributed by atoms with Gasteiger partial charge < -0.3 is 0 Å². The molecule has 0 unspecified atom stereocenters. The minimum atomic E-state index is -0.295. The molecule has 0 saturated heterocycles. The van der Waals surface area contributed by atoms with Gasteiger partial charge in [-0.25, -0.2) is 0 Å². The molecule has 2 aromatic carbocycles. The van der Waals surface area contributed by atoms with Crippen LogP contribution < -0.4 is 0 Å². The number of rotatable bonds is 3. The summed E-state index contributed by atoms with van der Waals surface area (Å²) < 4.78 is 0. The van der Waals surface area contributed by atoms with E-state index in [0.29, 0.717) is 0 Å². The van der Waals surface area contributed by atoms with Gasteiger partial charge in [0.25, 0.3) is 0 Å². The van der Waals surface area contributed by atoms with E-state index in [9.17, 15) is 0 Å². The van der Waals surface area contributed by atoms with Crippen molar-refractivity contribution in [2.24, 2.45) is 10.2 Å². The maximum atomic E-state index is 4.42. The molecular formula is C15H16N2. The fourth-order valence-electron chi connectivity index (χ4n) is 1.58. The fraction of sp³-hybridized carbons (Fsp3) is 0.200. The lowest BCUT2D eigenvalue weighted by molar-refractivity contribution is 0.527. The van der Waals surface area contributed by atoms with Gasteiger partial charge in [0, 0.05) is 0 Å². The second-order valence-corrected chi connectivity index (χ2v) is 4.46. The largest absolute Gasteiger partial charge is 0.178 e. The average Bonchev–Trinajstić information content (AvgIpc) is 2.39. The third-order valence-corrected chi connectivity index (χ3v) is 2.65. The zero-order valence-electron chi connectivity index (χ0n) is 10.2. The van der Waals surface area contributed by atoms with Crippen LogP contribution in [0, 0.1) is 0 Å². The highest BCUT2D eigenvalue weighted by atomic mass is 15.1. The van der Waals surface area contributed by atoms with E-state index in [4.69, 9.17) is 0 Å². The number of azo groups is 1. The molecule has 2 rings (SSSR count). The van der Waals surface area contributed by atoms with E-state index < -0.39 is 0 Å². The standard InChI is InChI=1S/C15H16N2/c1-15(2,13-9-5-3-6-10-13)17-16-14-11-7-4-8-12-14/h3-12H,1-2H3. The van der Waals surface area contributed by atoms with Crippen LogP contribution in [0.5, 0.6) is 0 Å². The van der Waals surface area contributed by atoms with E-state index in [-0.39, 0.29) is 5.54 Å². The molecule has 0 aromatic heterocycles. The van der Waals surface area contributed by atoms with Crippen molar-refractivity contribution in [1.82, 2.24) is 0 Å². The molecule has 0 N–H and O–H groups in total. The molecule has 0 spiro atoms. The van der Waals surface area contributed by atoms with Gasteiger partial charge in [0.1, 0.15) is 5.54 Å². The van der Waals surface area contributed by atoms with Crippen molar-refractivity contribution in [3.63, 3.8) is 0 Å². The summed E-state index contributed by atoms with van der Waals surface area (Å²) >= 11 is 0. The van der Waals surface area contributed by atoms with Crippen LogP contribution in [-0.4, -0.2) is 0 Å². The zero-order valence-corrected chi connectivity index (χ0v) is 10.2. The highest BCUT2D eigenvalue weighted by Crippen LogP contribution is 2.26. The summed E-state index contributed by atoms with van der Waals surface area (Å²) in [4.78, 5) is 0. The molecule has 2 nitrogen and oxygen atoms in total. The monoisotopic (exact) mass is 224 g/mol. The lowest BCUT2D eigenvalue weighted by Gasteiger charge is -2.18. The summed E-state index contributed by atoms with van der Waals surface area (Å²) in [6, 6.07) is 20.0. The van der Waals surface area contributed by atoms with Crippen LogP contribution in [0.1, 0.15) is 19.4 Å². The molecule has 0 atom stereocenters. The van der Waals surface area contributed by atoms with E-state index in [1.54, 1.807) is 0 Å². The Bertz CT molecular complexity index is 487. The first kappa shape index (κ1) is 11.5. The van der Waals surface area contributed by atoms with Crippen molar-refractivity contribution < 1.29 is 0 Å². The van der Waals surface area contributed by atoms with Crippen molar-refractivity contribution in [2.75, 3.05) is 0 Å². The van der Waals surface area contributed by atoms with Gasteiger partial charge in [-0.1, -0.05) is 48.5 Å². The van der Waals surface area contributed by atoms with Gasteiger partial charge in [-0.05, 0) is 31.5 Å². The van der Waals surface area contributed by atoms with E-state index in [0.717, 1.165) is 5.69 Å². The molecule has 0 bridgehead atoms. The fourth-order valence-corrected chi connectivity index (χ4v) is 1.58. The summed E-state index contributed by atoms with van der Waals surface area (Å²) in [6.45, 7) is 4.13. The predicted molar refractivity (Wildman–Crippen MR) is 70.4 cm³/mol. The molecule has 0 aliphatic heterocycles. The molecule has 17 heavy (non-hydrogen) atoms. The molecule has 0 saturated carbocycles. The Kier molecular flexibility index (Phi) is 3.33. The highest BCUT2D eigenvalue weighted by molar-refractivity contribution is 5.35. The zero-order chi connectivity index (χ0) is 12.1. The van der Waals surface area contributed by atoms with Gasteiger partial charge in [-0.15, -0.1) is 0 Å². The first-order valence-electron chi connectivity index (χ1n) is 5.72. The van der Waals surface area contributed by atoms with Crippen LogP contribution >= 0.6 is 0 Å². The van der Waals surface area contributed by atoms with Crippen LogP contribution in [0.3, 0.4) is 0 Å². The molecule has 0 radical (unpaired) electrons. The summed E-state index contributed by atoms with van der Waals surface area (Å²) in [5, 5.41) is 8.70. The molecule has 0 heterocycles. The van der Waals surface area contributed by atoms with Crippen LogP contribution in [0.15, 0.2) is 70.9 Å².